The van der Waals surface area contributed by atoms with Gasteiger partial charge in [-0.2, -0.15) is 5.12 Å². The van der Waals surface area contributed by atoms with Crippen molar-refractivity contribution in [2.24, 2.45) is 5.84 Å². The number of nitrogens with zero attached hydrogens (tertiary/aromatic N) is 1. The monoisotopic (exact) mass is 271 g/mol. The Bertz CT molecular complexity index is 451. The number of anilines is 1. The van der Waals surface area contributed by atoms with Crippen LogP contribution >= 0.6 is 12.4 Å². The van der Waals surface area contributed by atoms with E-state index in [9.17, 15) is 4.79 Å². The number of hydrazine groups is 2. The van der Waals surface area contributed by atoms with Gasteiger partial charge in [0.15, 0.2) is 0 Å². The number of ether oxygens (including phenoxy) is 1. The minimum atomic E-state index is -0.179. The SMILES string of the molecule is COC(=O)CCc1cc(C)c2c(c1)CN(N)N2.Cl. The van der Waals surface area contributed by atoms with Crippen molar-refractivity contribution in [3.63, 3.8) is 0 Å². The van der Waals surface area contributed by atoms with Crippen molar-refractivity contribution in [1.82, 2.24) is 5.12 Å². The second-order valence-electron chi connectivity index (χ2n) is 4.26. The van der Waals surface area contributed by atoms with Crippen LogP contribution in [0.5, 0.6) is 0 Å². The fraction of sp³-hybridized carbons (Fsp3) is 0.417. The van der Waals surface area contributed by atoms with E-state index in [1.54, 1.807) is 5.12 Å². The van der Waals surface area contributed by atoms with Gasteiger partial charge in [0.25, 0.3) is 0 Å². The molecule has 2 rings (SSSR count). The molecule has 1 aliphatic heterocycles. The lowest BCUT2D eigenvalue weighted by atomic mass is 10.0. The van der Waals surface area contributed by atoms with Gasteiger partial charge in [-0.3, -0.25) is 10.6 Å². The number of carbonyl (C=O) groups is 1. The molecule has 1 aromatic carbocycles. The summed E-state index contributed by atoms with van der Waals surface area (Å²) in [7, 11) is 1.41. The number of nitrogens with two attached hydrogens (primary N) is 1. The Morgan fingerprint density at radius 3 is 2.94 bits per heavy atom. The van der Waals surface area contributed by atoms with E-state index in [4.69, 9.17) is 5.84 Å². The number of carbonyl (C=O) groups excluding carboxylic acids is 1. The summed E-state index contributed by atoms with van der Waals surface area (Å²) in [5.41, 5.74) is 7.63. The minimum Gasteiger partial charge on any atom is -0.469 e. The third kappa shape index (κ3) is 3.13. The van der Waals surface area contributed by atoms with E-state index in [0.717, 1.165) is 16.8 Å². The first-order chi connectivity index (χ1) is 8.10. The number of halogens is 1. The molecule has 0 unspecified atom stereocenters. The number of hydrogen-bond donors (Lipinski definition) is 2. The van der Waals surface area contributed by atoms with Crippen LogP contribution in [0.1, 0.15) is 23.1 Å². The van der Waals surface area contributed by atoms with Crippen molar-refractivity contribution < 1.29 is 9.53 Å². The molecule has 0 saturated carbocycles. The van der Waals surface area contributed by atoms with Gasteiger partial charge in [-0.15, -0.1) is 12.4 Å². The van der Waals surface area contributed by atoms with E-state index in [0.29, 0.717) is 19.4 Å². The average Bonchev–Trinajstić information content (AvgIpc) is 2.67. The van der Waals surface area contributed by atoms with Crippen LogP contribution in [-0.4, -0.2) is 18.2 Å². The number of esters is 1. The maximum atomic E-state index is 11.1. The Kier molecular flexibility index (Phi) is 4.95. The molecule has 0 fully saturated rings. The zero-order valence-electron chi connectivity index (χ0n) is 10.5. The maximum Gasteiger partial charge on any atom is 0.305 e. The highest BCUT2D eigenvalue weighted by atomic mass is 35.5. The average molecular weight is 272 g/mol. The lowest BCUT2D eigenvalue weighted by molar-refractivity contribution is -0.140. The molecule has 18 heavy (non-hydrogen) atoms. The zero-order valence-corrected chi connectivity index (χ0v) is 11.3. The number of nitrogens with one attached hydrogen (secondary N) is 1. The molecule has 0 spiro atoms. The standard InChI is InChI=1S/C12H17N3O2.ClH/c1-8-5-9(3-4-11(16)17-2)6-10-7-15(13)14-12(8)10;/h5-6,14H,3-4,7,13H2,1-2H3;1H. The second-order valence-corrected chi connectivity index (χ2v) is 4.26. The Balaban J connectivity index is 0.00000162. The van der Waals surface area contributed by atoms with Crippen molar-refractivity contribution in [2.45, 2.75) is 26.3 Å². The van der Waals surface area contributed by atoms with Crippen LogP contribution < -0.4 is 11.3 Å². The largest absolute Gasteiger partial charge is 0.469 e. The summed E-state index contributed by atoms with van der Waals surface area (Å²) in [4.78, 5) is 11.1. The first kappa shape index (κ1) is 14.8. The predicted octanol–water partition coefficient (Wildman–Crippen LogP) is 1.54. The Morgan fingerprint density at radius 1 is 1.56 bits per heavy atom. The number of aryl methyl sites for hydroxylation is 2. The van der Waals surface area contributed by atoms with Gasteiger partial charge in [0, 0.05) is 6.42 Å². The second kappa shape index (κ2) is 6.04. The molecule has 0 aliphatic carbocycles. The quantitative estimate of drug-likeness (QED) is 0.645. The normalized spacial score (nSPS) is 13.5. The van der Waals surface area contributed by atoms with Crippen molar-refractivity contribution in [3.05, 3.63) is 28.8 Å². The molecule has 0 bridgehead atoms. The minimum absolute atomic E-state index is 0. The van der Waals surface area contributed by atoms with Crippen LogP contribution in [-0.2, 0) is 22.5 Å². The van der Waals surface area contributed by atoms with Crippen LogP contribution in [0.25, 0.3) is 0 Å². The molecule has 3 N–H and O–H groups in total. The van der Waals surface area contributed by atoms with Crippen molar-refractivity contribution >= 4 is 24.1 Å². The highest BCUT2D eigenvalue weighted by Crippen LogP contribution is 2.28. The van der Waals surface area contributed by atoms with Crippen molar-refractivity contribution in [2.75, 3.05) is 12.5 Å². The third-order valence-corrected chi connectivity index (χ3v) is 2.92. The predicted molar refractivity (Wildman–Crippen MR) is 72.1 cm³/mol. The van der Waals surface area contributed by atoms with Gasteiger partial charge < -0.3 is 10.2 Å². The maximum absolute atomic E-state index is 11.1. The summed E-state index contributed by atoms with van der Waals surface area (Å²) in [6.07, 6.45) is 1.11. The summed E-state index contributed by atoms with van der Waals surface area (Å²) >= 11 is 0. The fourth-order valence-corrected chi connectivity index (χ4v) is 2.09. The molecule has 1 aliphatic rings. The van der Waals surface area contributed by atoms with E-state index < -0.39 is 0 Å². The number of rotatable bonds is 3. The van der Waals surface area contributed by atoms with Gasteiger partial charge in [0.05, 0.1) is 19.3 Å². The van der Waals surface area contributed by atoms with Crippen LogP contribution in [0.2, 0.25) is 0 Å². The third-order valence-electron chi connectivity index (χ3n) is 2.92. The van der Waals surface area contributed by atoms with Gasteiger partial charge in [-0.05, 0) is 30.0 Å². The summed E-state index contributed by atoms with van der Waals surface area (Å²) in [5, 5.41) is 1.56. The molecular formula is C12H18ClN3O2. The lowest BCUT2D eigenvalue weighted by Gasteiger charge is -2.09. The Hall–Kier alpha value is -1.30. The molecule has 5 nitrogen and oxygen atoms in total. The van der Waals surface area contributed by atoms with E-state index in [1.165, 1.54) is 12.7 Å². The molecule has 0 radical (unpaired) electrons. The van der Waals surface area contributed by atoms with E-state index in [1.807, 2.05) is 6.92 Å². The number of methoxy groups -OCH3 is 1. The van der Waals surface area contributed by atoms with Crippen LogP contribution in [0, 0.1) is 6.92 Å². The molecular weight excluding hydrogens is 254 g/mol. The van der Waals surface area contributed by atoms with E-state index >= 15 is 0 Å². The van der Waals surface area contributed by atoms with Gasteiger partial charge >= 0.3 is 5.97 Å². The first-order valence-corrected chi connectivity index (χ1v) is 5.58. The fourth-order valence-electron chi connectivity index (χ4n) is 2.09. The Labute approximate surface area is 113 Å². The van der Waals surface area contributed by atoms with Crippen LogP contribution in [0.3, 0.4) is 0 Å². The zero-order chi connectivity index (χ0) is 12.4. The molecule has 0 atom stereocenters. The highest BCUT2D eigenvalue weighted by molar-refractivity contribution is 5.85. The number of hydrogen-bond acceptors (Lipinski definition) is 5. The molecule has 1 heterocycles. The van der Waals surface area contributed by atoms with Gasteiger partial charge in [-0.25, -0.2) is 0 Å². The lowest BCUT2D eigenvalue weighted by Crippen LogP contribution is -2.30. The summed E-state index contributed by atoms with van der Waals surface area (Å²) < 4.78 is 4.63. The van der Waals surface area contributed by atoms with E-state index in [2.05, 4.69) is 22.3 Å². The highest BCUT2D eigenvalue weighted by Gasteiger charge is 2.18. The van der Waals surface area contributed by atoms with Crippen LogP contribution in [0.15, 0.2) is 12.1 Å². The van der Waals surface area contributed by atoms with Crippen molar-refractivity contribution in [1.29, 1.82) is 0 Å². The Morgan fingerprint density at radius 2 is 2.28 bits per heavy atom. The molecule has 0 aromatic heterocycles. The molecule has 100 valence electrons. The smallest absolute Gasteiger partial charge is 0.305 e. The topological polar surface area (TPSA) is 67.6 Å². The molecule has 6 heteroatoms. The number of fused-ring (bicyclic) bond motifs is 1. The van der Waals surface area contributed by atoms with Gasteiger partial charge in [0.1, 0.15) is 0 Å². The number of benzene rings is 1. The first-order valence-electron chi connectivity index (χ1n) is 5.58. The van der Waals surface area contributed by atoms with Gasteiger partial charge in [0.2, 0.25) is 0 Å². The molecule has 0 amide bonds. The van der Waals surface area contributed by atoms with Crippen LogP contribution in [0.4, 0.5) is 5.69 Å². The van der Waals surface area contributed by atoms with Gasteiger partial charge in [-0.1, -0.05) is 12.1 Å². The molecule has 0 saturated heterocycles. The summed E-state index contributed by atoms with van der Waals surface area (Å²) in [6.45, 7) is 2.72. The summed E-state index contributed by atoms with van der Waals surface area (Å²) in [5.74, 6) is 5.52. The molecule has 1 aromatic rings. The van der Waals surface area contributed by atoms with Crippen molar-refractivity contribution in [3.8, 4) is 0 Å². The van der Waals surface area contributed by atoms with E-state index in [-0.39, 0.29) is 18.4 Å². The summed E-state index contributed by atoms with van der Waals surface area (Å²) in [6, 6.07) is 4.17.